The number of rotatable bonds is 1. The smallest absolute Gasteiger partial charge is 0.408 e. The molecular weight excluding hydrogens is 300 g/mol. The van der Waals surface area contributed by atoms with Gasteiger partial charge in [-0.05, 0) is 32.9 Å². The fraction of sp³-hybridized carbons (Fsp3) is 0.400. The largest absolute Gasteiger partial charge is 0.489 e. The van der Waals surface area contributed by atoms with Crippen LogP contribution in [0.4, 0.5) is 10.5 Å². The van der Waals surface area contributed by atoms with E-state index in [4.69, 9.17) is 9.47 Å². The summed E-state index contributed by atoms with van der Waals surface area (Å²) in [5.41, 5.74) is 0.546. The van der Waals surface area contributed by atoms with E-state index in [2.05, 4.69) is 20.8 Å². The second kappa shape index (κ2) is 5.45. The van der Waals surface area contributed by atoms with Gasteiger partial charge < -0.3 is 20.1 Å². The topological polar surface area (TPSA) is 105 Å². The molecule has 1 aromatic carbocycles. The molecule has 0 aliphatic carbocycles. The van der Waals surface area contributed by atoms with Gasteiger partial charge in [0.1, 0.15) is 29.7 Å². The minimum absolute atomic E-state index is 0.0116. The molecule has 1 aliphatic rings. The summed E-state index contributed by atoms with van der Waals surface area (Å²) in [7, 11) is 0. The van der Waals surface area contributed by atoms with Crippen LogP contribution in [-0.2, 0) is 9.53 Å². The van der Waals surface area contributed by atoms with Crippen LogP contribution in [0.1, 0.15) is 20.8 Å². The van der Waals surface area contributed by atoms with Gasteiger partial charge in [-0.15, -0.1) is 0 Å². The van der Waals surface area contributed by atoms with Gasteiger partial charge in [-0.1, -0.05) is 0 Å². The first kappa shape index (κ1) is 15.1. The molecule has 1 aromatic heterocycles. The summed E-state index contributed by atoms with van der Waals surface area (Å²) in [5, 5.41) is 12.9. The molecule has 0 bridgehead atoms. The van der Waals surface area contributed by atoms with E-state index in [0.717, 1.165) is 5.39 Å². The SMILES string of the molecule is CC(C)(C)OC(=O)N[C@H]1COc2ccc3cn[nH]c3c2NC1=O. The van der Waals surface area contributed by atoms with Gasteiger partial charge in [0.25, 0.3) is 5.91 Å². The number of benzene rings is 1. The Bertz CT molecular complexity index is 762. The Labute approximate surface area is 132 Å². The molecular formula is C15H18N4O4. The maximum atomic E-state index is 12.3. The Morgan fingerprint density at radius 1 is 1.43 bits per heavy atom. The van der Waals surface area contributed by atoms with E-state index < -0.39 is 17.7 Å². The fourth-order valence-corrected chi connectivity index (χ4v) is 2.25. The lowest BCUT2D eigenvalue weighted by atomic mass is 10.2. The Hall–Kier alpha value is -2.77. The highest BCUT2D eigenvalue weighted by Gasteiger charge is 2.29. The summed E-state index contributed by atoms with van der Waals surface area (Å²) in [6, 6.07) is 2.74. The van der Waals surface area contributed by atoms with Crippen molar-refractivity contribution in [1.82, 2.24) is 15.5 Å². The van der Waals surface area contributed by atoms with Crippen LogP contribution in [0.5, 0.6) is 5.75 Å². The zero-order valence-corrected chi connectivity index (χ0v) is 13.1. The predicted molar refractivity (Wildman–Crippen MR) is 83.4 cm³/mol. The minimum atomic E-state index is -0.852. The van der Waals surface area contributed by atoms with Crippen LogP contribution in [0.15, 0.2) is 18.3 Å². The van der Waals surface area contributed by atoms with Crippen molar-refractivity contribution in [3.05, 3.63) is 18.3 Å². The highest BCUT2D eigenvalue weighted by Crippen LogP contribution is 2.33. The highest BCUT2D eigenvalue weighted by molar-refractivity contribution is 6.05. The molecule has 0 saturated carbocycles. The number of aromatic nitrogens is 2. The van der Waals surface area contributed by atoms with Crippen LogP contribution < -0.4 is 15.4 Å². The van der Waals surface area contributed by atoms with Gasteiger partial charge in [-0.2, -0.15) is 5.10 Å². The Morgan fingerprint density at radius 2 is 2.22 bits per heavy atom. The Balaban J connectivity index is 1.78. The third-order valence-electron chi connectivity index (χ3n) is 3.24. The summed E-state index contributed by atoms with van der Waals surface area (Å²) in [5.74, 6) is 0.139. The van der Waals surface area contributed by atoms with Gasteiger partial charge in [0.2, 0.25) is 0 Å². The van der Waals surface area contributed by atoms with Gasteiger partial charge in [0, 0.05) is 5.39 Å². The number of carbonyl (C=O) groups excluding carboxylic acids is 2. The lowest BCUT2D eigenvalue weighted by Crippen LogP contribution is -2.48. The summed E-state index contributed by atoms with van der Waals surface area (Å²) in [6.45, 7) is 5.26. The summed E-state index contributed by atoms with van der Waals surface area (Å²) >= 11 is 0. The number of aromatic amines is 1. The van der Waals surface area contributed by atoms with Crippen molar-refractivity contribution in [2.24, 2.45) is 0 Å². The molecule has 1 atom stereocenters. The van der Waals surface area contributed by atoms with E-state index in [-0.39, 0.29) is 12.5 Å². The second-order valence-electron chi connectivity index (χ2n) is 6.27. The van der Waals surface area contributed by atoms with Crippen molar-refractivity contribution in [2.75, 3.05) is 11.9 Å². The summed E-state index contributed by atoms with van der Waals surface area (Å²) in [6.07, 6.45) is 0.988. The number of hydrogen-bond acceptors (Lipinski definition) is 5. The summed E-state index contributed by atoms with van der Waals surface area (Å²) < 4.78 is 10.8. The second-order valence-corrected chi connectivity index (χ2v) is 6.27. The van der Waals surface area contributed by atoms with Gasteiger partial charge in [0.05, 0.1) is 11.7 Å². The van der Waals surface area contributed by atoms with Crippen LogP contribution in [0, 0.1) is 0 Å². The maximum absolute atomic E-state index is 12.3. The first-order valence-corrected chi connectivity index (χ1v) is 7.23. The molecule has 3 rings (SSSR count). The standard InChI is InChI=1S/C15H18N4O4/c1-15(2,3)23-14(21)17-9-7-22-10-5-4-8-6-16-19-11(8)12(10)18-13(9)20/h4-6,9H,7H2,1-3H3,(H,16,19)(H,17,21)(H,18,20)/t9-/m0/s1. The first-order chi connectivity index (χ1) is 10.8. The van der Waals surface area contributed by atoms with Crippen LogP contribution in [0.3, 0.4) is 0 Å². The van der Waals surface area contributed by atoms with Gasteiger partial charge in [-0.3, -0.25) is 9.89 Å². The van der Waals surface area contributed by atoms with Crippen LogP contribution in [-0.4, -0.2) is 40.4 Å². The number of amides is 2. The zero-order valence-electron chi connectivity index (χ0n) is 13.1. The van der Waals surface area contributed by atoms with E-state index in [9.17, 15) is 9.59 Å². The van der Waals surface area contributed by atoms with Crippen LogP contribution in [0.2, 0.25) is 0 Å². The minimum Gasteiger partial charge on any atom is -0.489 e. The number of alkyl carbamates (subject to hydrolysis) is 1. The Kier molecular flexibility index (Phi) is 3.59. The van der Waals surface area contributed by atoms with E-state index in [1.54, 1.807) is 33.0 Å². The van der Waals surface area contributed by atoms with Crippen molar-refractivity contribution in [2.45, 2.75) is 32.4 Å². The molecule has 0 radical (unpaired) electrons. The number of hydrogen-bond donors (Lipinski definition) is 3. The average Bonchev–Trinajstić information content (AvgIpc) is 2.85. The van der Waals surface area contributed by atoms with Gasteiger partial charge in [-0.25, -0.2) is 4.79 Å². The molecule has 0 saturated heterocycles. The van der Waals surface area contributed by atoms with Crippen molar-refractivity contribution in [3.63, 3.8) is 0 Å². The van der Waals surface area contributed by atoms with Crippen LogP contribution in [0.25, 0.3) is 10.9 Å². The number of anilines is 1. The van der Waals surface area contributed by atoms with E-state index >= 15 is 0 Å². The number of nitrogens with one attached hydrogen (secondary N) is 3. The third kappa shape index (κ3) is 3.20. The van der Waals surface area contributed by atoms with Gasteiger partial charge in [0.15, 0.2) is 0 Å². The molecule has 0 fully saturated rings. The van der Waals surface area contributed by atoms with E-state index in [1.807, 2.05) is 6.07 Å². The zero-order chi connectivity index (χ0) is 16.6. The number of ether oxygens (including phenoxy) is 2. The molecule has 2 amide bonds. The normalized spacial score (nSPS) is 17.7. The molecule has 0 unspecified atom stereocenters. The predicted octanol–water partition coefficient (Wildman–Crippen LogP) is 1.79. The first-order valence-electron chi connectivity index (χ1n) is 7.23. The highest BCUT2D eigenvalue weighted by atomic mass is 16.6. The van der Waals surface area contributed by atoms with Crippen molar-refractivity contribution >= 4 is 28.6 Å². The molecule has 0 spiro atoms. The van der Waals surface area contributed by atoms with E-state index in [1.165, 1.54) is 0 Å². The number of fused-ring (bicyclic) bond motifs is 3. The quantitative estimate of drug-likeness (QED) is 0.743. The lowest BCUT2D eigenvalue weighted by molar-refractivity contribution is -0.118. The molecule has 2 aromatic rings. The number of carbonyl (C=O) groups is 2. The average molecular weight is 318 g/mol. The molecule has 3 N–H and O–H groups in total. The van der Waals surface area contributed by atoms with Crippen LogP contribution >= 0.6 is 0 Å². The molecule has 1 aliphatic heterocycles. The maximum Gasteiger partial charge on any atom is 0.408 e. The lowest BCUT2D eigenvalue weighted by Gasteiger charge is -2.22. The number of nitrogens with zero attached hydrogens (tertiary/aromatic N) is 1. The van der Waals surface area contributed by atoms with Crippen molar-refractivity contribution < 1.29 is 19.1 Å². The molecule has 2 heterocycles. The fourth-order valence-electron chi connectivity index (χ4n) is 2.25. The summed E-state index contributed by atoms with van der Waals surface area (Å²) in [4.78, 5) is 24.2. The monoisotopic (exact) mass is 318 g/mol. The molecule has 8 nitrogen and oxygen atoms in total. The number of H-pyrrole nitrogens is 1. The molecule has 122 valence electrons. The Morgan fingerprint density at radius 3 is 2.96 bits per heavy atom. The van der Waals surface area contributed by atoms with E-state index in [0.29, 0.717) is 17.0 Å². The third-order valence-corrected chi connectivity index (χ3v) is 3.24. The molecule has 8 heteroatoms. The van der Waals surface area contributed by atoms with Crippen molar-refractivity contribution in [3.8, 4) is 5.75 Å². The van der Waals surface area contributed by atoms with Gasteiger partial charge >= 0.3 is 6.09 Å². The van der Waals surface area contributed by atoms with Crippen molar-refractivity contribution in [1.29, 1.82) is 0 Å². The molecule has 23 heavy (non-hydrogen) atoms.